The summed E-state index contributed by atoms with van der Waals surface area (Å²) in [5.41, 5.74) is 1.76. The highest BCUT2D eigenvalue weighted by Crippen LogP contribution is 2.28. The molecule has 1 aromatic heterocycles. The van der Waals surface area contributed by atoms with E-state index in [1.165, 1.54) is 18.2 Å². The highest BCUT2D eigenvalue weighted by molar-refractivity contribution is 8.15. The van der Waals surface area contributed by atoms with Crippen LogP contribution in [0.4, 0.5) is 5.69 Å². The van der Waals surface area contributed by atoms with Crippen molar-refractivity contribution in [2.45, 2.75) is 57.2 Å². The predicted octanol–water partition coefficient (Wildman–Crippen LogP) is 2.92. The van der Waals surface area contributed by atoms with E-state index in [0.29, 0.717) is 6.42 Å². The Morgan fingerprint density at radius 1 is 1.25 bits per heavy atom. The average molecular weight is 398 g/mol. The number of aryl methyl sites for hydroxylation is 2. The first-order chi connectivity index (χ1) is 13.6. The lowest BCUT2D eigenvalue weighted by Crippen LogP contribution is -2.21. The Hall–Kier alpha value is -2.48. The molecule has 8 heteroatoms. The minimum Gasteiger partial charge on any atom is -0.326 e. The molecule has 0 saturated heterocycles. The van der Waals surface area contributed by atoms with Crippen LogP contribution in [0.3, 0.4) is 0 Å². The molecule has 0 unspecified atom stereocenters. The van der Waals surface area contributed by atoms with Gasteiger partial charge in [-0.15, -0.1) is 10.2 Å². The summed E-state index contributed by atoms with van der Waals surface area (Å²) in [7, 11) is 0. The van der Waals surface area contributed by atoms with E-state index in [2.05, 4.69) is 25.1 Å². The summed E-state index contributed by atoms with van der Waals surface area (Å²) >= 11 is 1.37. The lowest BCUT2D eigenvalue weighted by Gasteiger charge is -2.10. The van der Waals surface area contributed by atoms with Crippen LogP contribution in [0.5, 0.6) is 0 Å². The second kappa shape index (κ2) is 8.26. The van der Waals surface area contributed by atoms with Gasteiger partial charge in [0.2, 0.25) is 5.91 Å². The first kappa shape index (κ1) is 18.9. The van der Waals surface area contributed by atoms with E-state index in [1.54, 1.807) is 0 Å². The Balaban J connectivity index is 1.36. The van der Waals surface area contributed by atoms with Gasteiger partial charge in [-0.25, -0.2) is 4.99 Å². The van der Waals surface area contributed by atoms with Crippen molar-refractivity contribution in [2.24, 2.45) is 4.99 Å². The summed E-state index contributed by atoms with van der Waals surface area (Å²) in [4.78, 5) is 28.8. The zero-order valence-corrected chi connectivity index (χ0v) is 16.7. The number of aromatic nitrogens is 3. The number of benzene rings is 1. The van der Waals surface area contributed by atoms with Crippen molar-refractivity contribution in [3.8, 4) is 0 Å². The molecule has 1 atom stereocenters. The molecule has 1 N–H and O–H groups in total. The number of anilines is 1. The van der Waals surface area contributed by atoms with Gasteiger partial charge in [0.05, 0.1) is 11.5 Å². The van der Waals surface area contributed by atoms with E-state index in [4.69, 9.17) is 0 Å². The number of thioether (sulfide) groups is 1. The maximum Gasteiger partial charge on any atom is 0.260 e. The monoisotopic (exact) mass is 397 g/mol. The third-order valence-electron chi connectivity index (χ3n) is 5.07. The third kappa shape index (κ3) is 4.16. The maximum absolute atomic E-state index is 12.4. The topological polar surface area (TPSA) is 89.2 Å². The van der Waals surface area contributed by atoms with E-state index in [1.807, 2.05) is 31.2 Å². The molecule has 4 rings (SSSR count). The zero-order valence-electron chi connectivity index (χ0n) is 15.9. The van der Waals surface area contributed by atoms with Crippen LogP contribution in [0.25, 0.3) is 0 Å². The van der Waals surface area contributed by atoms with Gasteiger partial charge in [-0.1, -0.05) is 36.4 Å². The van der Waals surface area contributed by atoms with Gasteiger partial charge in [-0.3, -0.25) is 9.59 Å². The molecule has 0 spiro atoms. The van der Waals surface area contributed by atoms with Gasteiger partial charge in [-0.05, 0) is 31.4 Å². The van der Waals surface area contributed by atoms with Gasteiger partial charge in [-0.2, -0.15) is 0 Å². The van der Waals surface area contributed by atoms with Crippen LogP contribution in [0.1, 0.15) is 42.9 Å². The Bertz CT molecular complexity index is 936. The molecule has 2 aromatic rings. The number of aliphatic imine (C=N–C) groups is 1. The van der Waals surface area contributed by atoms with Crippen molar-refractivity contribution in [1.29, 1.82) is 0 Å². The maximum atomic E-state index is 12.4. The summed E-state index contributed by atoms with van der Waals surface area (Å²) in [6, 6.07) is 7.59. The van der Waals surface area contributed by atoms with Crippen LogP contribution in [0.15, 0.2) is 29.3 Å². The average Bonchev–Trinajstić information content (AvgIpc) is 3.10. The Kier molecular flexibility index (Phi) is 5.57. The van der Waals surface area contributed by atoms with Gasteiger partial charge >= 0.3 is 0 Å². The normalized spacial score (nSPS) is 19.1. The Morgan fingerprint density at radius 2 is 2.11 bits per heavy atom. The number of amides is 2. The van der Waals surface area contributed by atoms with E-state index in [-0.39, 0.29) is 18.2 Å². The van der Waals surface area contributed by atoms with Crippen molar-refractivity contribution in [3.63, 3.8) is 0 Å². The molecule has 0 fully saturated rings. The standard InChI is InChI=1S/C20H23N5O2S/c1-13-7-4-5-8-14(13)21-18(26)11-15-20(27)22-19(28-15)12-17-24-23-16-9-3-2-6-10-25(16)17/h4-5,7-8,15H,2-3,6,9-12H2,1H3,(H,21,26)/t15-/m0/s1. The van der Waals surface area contributed by atoms with Gasteiger partial charge in [0.25, 0.3) is 5.91 Å². The first-order valence-corrected chi connectivity index (χ1v) is 10.5. The number of carbonyl (C=O) groups excluding carboxylic acids is 2. The van der Waals surface area contributed by atoms with Crippen molar-refractivity contribution < 1.29 is 9.59 Å². The molecule has 0 radical (unpaired) electrons. The van der Waals surface area contributed by atoms with Crippen LogP contribution in [0, 0.1) is 6.92 Å². The molecule has 3 heterocycles. The Labute approximate surface area is 168 Å². The molecule has 7 nitrogen and oxygen atoms in total. The summed E-state index contributed by atoms with van der Waals surface area (Å²) in [5, 5.41) is 11.7. The van der Waals surface area contributed by atoms with Gasteiger partial charge in [0, 0.05) is 25.1 Å². The molecule has 2 amide bonds. The lowest BCUT2D eigenvalue weighted by molar-refractivity contribution is -0.121. The summed E-state index contributed by atoms with van der Waals surface area (Å²) in [6.45, 7) is 2.86. The summed E-state index contributed by atoms with van der Waals surface area (Å²) < 4.78 is 2.17. The van der Waals surface area contributed by atoms with Gasteiger partial charge in [0.1, 0.15) is 16.9 Å². The van der Waals surface area contributed by atoms with Crippen molar-refractivity contribution >= 4 is 34.3 Å². The number of para-hydroxylation sites is 1. The lowest BCUT2D eigenvalue weighted by atomic mass is 10.2. The SMILES string of the molecule is Cc1ccccc1NC(=O)C[C@@H]1SC(Cc2nnc3n2CCCCC3)=NC1=O. The van der Waals surface area contributed by atoms with Gasteiger partial charge in [0.15, 0.2) is 0 Å². The summed E-state index contributed by atoms with van der Waals surface area (Å²) in [5.74, 6) is 1.47. The molecule has 0 aliphatic carbocycles. The van der Waals surface area contributed by atoms with Crippen LogP contribution in [-0.2, 0) is 29.0 Å². The van der Waals surface area contributed by atoms with E-state index in [0.717, 1.165) is 53.8 Å². The molecule has 0 saturated carbocycles. The molecular formula is C20H23N5O2S. The van der Waals surface area contributed by atoms with E-state index >= 15 is 0 Å². The van der Waals surface area contributed by atoms with Crippen LogP contribution in [-0.4, -0.2) is 36.9 Å². The number of nitrogens with one attached hydrogen (secondary N) is 1. The number of hydrogen-bond acceptors (Lipinski definition) is 5. The number of nitrogens with zero attached hydrogens (tertiary/aromatic N) is 4. The second-order valence-corrected chi connectivity index (χ2v) is 8.47. The van der Waals surface area contributed by atoms with Crippen molar-refractivity contribution in [2.75, 3.05) is 5.32 Å². The number of carbonyl (C=O) groups is 2. The fraction of sp³-hybridized carbons (Fsp3) is 0.450. The quantitative estimate of drug-likeness (QED) is 0.838. The predicted molar refractivity (Wildman–Crippen MR) is 110 cm³/mol. The minimum atomic E-state index is -0.467. The fourth-order valence-corrected chi connectivity index (χ4v) is 4.61. The molecule has 2 aliphatic rings. The van der Waals surface area contributed by atoms with Gasteiger partial charge < -0.3 is 9.88 Å². The van der Waals surface area contributed by atoms with E-state index in [9.17, 15) is 9.59 Å². The van der Waals surface area contributed by atoms with E-state index < -0.39 is 5.25 Å². The molecule has 1 aromatic carbocycles. The highest BCUT2D eigenvalue weighted by Gasteiger charge is 2.31. The first-order valence-electron chi connectivity index (χ1n) is 9.64. The molecule has 2 aliphatic heterocycles. The van der Waals surface area contributed by atoms with Crippen LogP contribution in [0.2, 0.25) is 0 Å². The third-order valence-corrected chi connectivity index (χ3v) is 6.23. The second-order valence-electron chi connectivity index (χ2n) is 7.19. The highest BCUT2D eigenvalue weighted by atomic mass is 32.2. The number of rotatable bonds is 5. The number of fused-ring (bicyclic) bond motifs is 1. The minimum absolute atomic E-state index is 0.114. The zero-order chi connectivity index (χ0) is 19.5. The number of hydrogen-bond donors (Lipinski definition) is 1. The molecule has 28 heavy (non-hydrogen) atoms. The van der Waals surface area contributed by atoms with Crippen molar-refractivity contribution in [1.82, 2.24) is 14.8 Å². The smallest absolute Gasteiger partial charge is 0.260 e. The Morgan fingerprint density at radius 3 is 2.96 bits per heavy atom. The van der Waals surface area contributed by atoms with Crippen LogP contribution >= 0.6 is 11.8 Å². The fourth-order valence-electron chi connectivity index (χ4n) is 3.54. The summed E-state index contributed by atoms with van der Waals surface area (Å²) in [6.07, 6.45) is 5.03. The molecular weight excluding hydrogens is 374 g/mol. The van der Waals surface area contributed by atoms with Crippen LogP contribution < -0.4 is 5.32 Å². The van der Waals surface area contributed by atoms with Crippen molar-refractivity contribution in [3.05, 3.63) is 41.5 Å². The molecule has 146 valence electrons. The largest absolute Gasteiger partial charge is 0.326 e. The molecule has 0 bridgehead atoms.